The minimum Gasteiger partial charge on any atom is -0.377 e. The molecular formula is C14H28N2O. The maximum Gasteiger partial charge on any atom is 0.0702 e. The summed E-state index contributed by atoms with van der Waals surface area (Å²) in [6.45, 7) is 10.3. The predicted octanol–water partition coefficient (Wildman–Crippen LogP) is 1.88. The lowest BCUT2D eigenvalue weighted by atomic mass is 10.1. The fraction of sp³-hybridized carbons (Fsp3) is 1.00. The van der Waals surface area contributed by atoms with Crippen LogP contribution < -0.4 is 5.32 Å². The summed E-state index contributed by atoms with van der Waals surface area (Å²) in [6.07, 6.45) is 5.76. The zero-order valence-electron chi connectivity index (χ0n) is 11.5. The van der Waals surface area contributed by atoms with E-state index >= 15 is 0 Å². The van der Waals surface area contributed by atoms with E-state index in [0.717, 1.165) is 38.2 Å². The number of hydrogen-bond acceptors (Lipinski definition) is 3. The van der Waals surface area contributed by atoms with Crippen LogP contribution in [-0.2, 0) is 4.74 Å². The lowest BCUT2D eigenvalue weighted by molar-refractivity contribution is 0.0688. The first-order valence-electron chi connectivity index (χ1n) is 7.32. The van der Waals surface area contributed by atoms with Gasteiger partial charge in [-0.2, -0.15) is 0 Å². The highest BCUT2D eigenvalue weighted by atomic mass is 16.5. The van der Waals surface area contributed by atoms with E-state index in [1.807, 2.05) is 0 Å². The van der Waals surface area contributed by atoms with Crippen LogP contribution in [0.1, 0.15) is 39.5 Å². The van der Waals surface area contributed by atoms with Gasteiger partial charge in [-0.05, 0) is 44.7 Å². The molecule has 3 heteroatoms. The molecule has 0 radical (unpaired) electrons. The third-order valence-electron chi connectivity index (χ3n) is 3.89. The lowest BCUT2D eigenvalue weighted by Gasteiger charge is -2.27. The number of likely N-dealkylation sites (tertiary alicyclic amines) is 1. The van der Waals surface area contributed by atoms with Crippen molar-refractivity contribution in [1.82, 2.24) is 10.2 Å². The first kappa shape index (κ1) is 13.3. The smallest absolute Gasteiger partial charge is 0.0702 e. The zero-order valence-corrected chi connectivity index (χ0v) is 11.5. The van der Waals surface area contributed by atoms with Crippen molar-refractivity contribution in [1.29, 1.82) is 0 Å². The molecular weight excluding hydrogens is 212 g/mol. The molecule has 0 aliphatic carbocycles. The van der Waals surface area contributed by atoms with Crippen LogP contribution in [0.25, 0.3) is 0 Å². The van der Waals surface area contributed by atoms with Crippen molar-refractivity contribution in [2.24, 2.45) is 5.92 Å². The Morgan fingerprint density at radius 2 is 2.18 bits per heavy atom. The molecule has 2 atom stereocenters. The Bertz CT molecular complexity index is 214. The molecule has 0 aromatic carbocycles. The molecule has 0 saturated carbocycles. The average Bonchev–Trinajstić information content (AvgIpc) is 2.91. The van der Waals surface area contributed by atoms with Crippen molar-refractivity contribution in [3.05, 3.63) is 0 Å². The minimum absolute atomic E-state index is 0.515. The third-order valence-corrected chi connectivity index (χ3v) is 3.89. The minimum atomic E-state index is 0.515. The van der Waals surface area contributed by atoms with Gasteiger partial charge >= 0.3 is 0 Å². The van der Waals surface area contributed by atoms with E-state index in [1.165, 1.54) is 32.2 Å². The van der Waals surface area contributed by atoms with Gasteiger partial charge in [-0.15, -0.1) is 0 Å². The molecule has 2 heterocycles. The fourth-order valence-corrected chi connectivity index (χ4v) is 2.96. The van der Waals surface area contributed by atoms with Gasteiger partial charge in [0.2, 0.25) is 0 Å². The second-order valence-electron chi connectivity index (χ2n) is 5.98. The van der Waals surface area contributed by atoms with Crippen LogP contribution in [0.5, 0.6) is 0 Å². The summed E-state index contributed by atoms with van der Waals surface area (Å²) in [6, 6.07) is 0.748. The number of hydrogen-bond donors (Lipinski definition) is 1. The Morgan fingerprint density at radius 1 is 1.29 bits per heavy atom. The first-order valence-corrected chi connectivity index (χ1v) is 7.32. The zero-order chi connectivity index (χ0) is 12.1. The molecule has 0 bridgehead atoms. The van der Waals surface area contributed by atoms with E-state index in [9.17, 15) is 0 Å². The maximum atomic E-state index is 5.74. The fourth-order valence-electron chi connectivity index (χ4n) is 2.96. The van der Waals surface area contributed by atoms with Gasteiger partial charge < -0.3 is 10.1 Å². The Hall–Kier alpha value is -0.120. The highest BCUT2D eigenvalue weighted by molar-refractivity contribution is 4.83. The highest BCUT2D eigenvalue weighted by Gasteiger charge is 2.27. The van der Waals surface area contributed by atoms with Crippen LogP contribution in [0.15, 0.2) is 0 Å². The molecule has 2 fully saturated rings. The molecule has 2 aliphatic rings. The topological polar surface area (TPSA) is 24.5 Å². The number of rotatable bonds is 6. The third kappa shape index (κ3) is 4.23. The van der Waals surface area contributed by atoms with Gasteiger partial charge in [0.25, 0.3) is 0 Å². The Morgan fingerprint density at radius 3 is 2.88 bits per heavy atom. The lowest BCUT2D eigenvalue weighted by Crippen LogP contribution is -2.42. The maximum absolute atomic E-state index is 5.74. The molecule has 17 heavy (non-hydrogen) atoms. The van der Waals surface area contributed by atoms with Gasteiger partial charge in [0, 0.05) is 25.7 Å². The van der Waals surface area contributed by atoms with Crippen molar-refractivity contribution in [3.8, 4) is 0 Å². The second-order valence-corrected chi connectivity index (χ2v) is 5.98. The molecule has 0 amide bonds. The van der Waals surface area contributed by atoms with Gasteiger partial charge in [0.05, 0.1) is 6.10 Å². The van der Waals surface area contributed by atoms with Crippen molar-refractivity contribution in [2.75, 3.05) is 32.8 Å². The first-order chi connectivity index (χ1) is 8.25. The number of nitrogens with one attached hydrogen (secondary N) is 1. The molecule has 100 valence electrons. The van der Waals surface area contributed by atoms with Gasteiger partial charge in [0.1, 0.15) is 0 Å². The molecule has 0 spiro atoms. The normalized spacial score (nSPS) is 30.5. The number of ether oxygens (including phenoxy) is 1. The monoisotopic (exact) mass is 240 g/mol. The van der Waals surface area contributed by atoms with E-state index in [0.29, 0.717) is 6.10 Å². The quantitative estimate of drug-likeness (QED) is 0.767. The summed E-state index contributed by atoms with van der Waals surface area (Å²) in [5.41, 5.74) is 0. The van der Waals surface area contributed by atoms with E-state index < -0.39 is 0 Å². The van der Waals surface area contributed by atoms with Crippen molar-refractivity contribution < 1.29 is 4.74 Å². The molecule has 2 rings (SSSR count). The summed E-state index contributed by atoms with van der Waals surface area (Å²) < 4.78 is 5.74. The van der Waals surface area contributed by atoms with E-state index in [1.54, 1.807) is 0 Å². The van der Waals surface area contributed by atoms with Crippen molar-refractivity contribution >= 4 is 0 Å². The summed E-state index contributed by atoms with van der Waals surface area (Å²) in [5, 5.41) is 3.60. The average molecular weight is 240 g/mol. The second kappa shape index (κ2) is 6.72. The molecule has 2 saturated heterocycles. The SMILES string of the molecule is CC(C)CNCC1CCCN1CC1CCCO1. The summed E-state index contributed by atoms with van der Waals surface area (Å²) >= 11 is 0. The molecule has 2 aliphatic heterocycles. The van der Waals surface area contributed by atoms with E-state index in [4.69, 9.17) is 4.74 Å². The van der Waals surface area contributed by atoms with Crippen LogP contribution in [0, 0.1) is 5.92 Å². The number of nitrogens with zero attached hydrogens (tertiary/aromatic N) is 1. The van der Waals surface area contributed by atoms with Crippen molar-refractivity contribution in [2.45, 2.75) is 51.7 Å². The largest absolute Gasteiger partial charge is 0.377 e. The van der Waals surface area contributed by atoms with Crippen LogP contribution in [0.3, 0.4) is 0 Å². The summed E-state index contributed by atoms with van der Waals surface area (Å²) in [7, 11) is 0. The van der Waals surface area contributed by atoms with Crippen LogP contribution >= 0.6 is 0 Å². The van der Waals surface area contributed by atoms with Gasteiger partial charge in [-0.1, -0.05) is 13.8 Å². The van der Waals surface area contributed by atoms with E-state index in [2.05, 4.69) is 24.1 Å². The Balaban J connectivity index is 1.68. The van der Waals surface area contributed by atoms with Crippen LogP contribution in [0.4, 0.5) is 0 Å². The predicted molar refractivity (Wildman–Crippen MR) is 71.3 cm³/mol. The Labute approximate surface area is 106 Å². The summed E-state index contributed by atoms with van der Waals surface area (Å²) in [4.78, 5) is 2.64. The highest BCUT2D eigenvalue weighted by Crippen LogP contribution is 2.20. The molecule has 0 aromatic rings. The molecule has 0 aromatic heterocycles. The van der Waals surface area contributed by atoms with Crippen molar-refractivity contribution in [3.63, 3.8) is 0 Å². The van der Waals surface area contributed by atoms with Gasteiger partial charge in [-0.3, -0.25) is 4.90 Å². The standard InChI is InChI=1S/C14H28N2O/c1-12(2)9-15-10-13-5-3-7-16(13)11-14-6-4-8-17-14/h12-15H,3-11H2,1-2H3. The van der Waals surface area contributed by atoms with Gasteiger partial charge in [0.15, 0.2) is 0 Å². The van der Waals surface area contributed by atoms with E-state index in [-0.39, 0.29) is 0 Å². The molecule has 2 unspecified atom stereocenters. The summed E-state index contributed by atoms with van der Waals surface area (Å²) in [5.74, 6) is 0.753. The molecule has 3 nitrogen and oxygen atoms in total. The Kier molecular flexibility index (Phi) is 5.26. The van der Waals surface area contributed by atoms with Gasteiger partial charge in [-0.25, -0.2) is 0 Å². The molecule has 1 N–H and O–H groups in total. The van der Waals surface area contributed by atoms with Crippen LogP contribution in [0.2, 0.25) is 0 Å². The van der Waals surface area contributed by atoms with Crippen LogP contribution in [-0.4, -0.2) is 49.8 Å².